The molecule has 1 aliphatic rings. The number of rotatable bonds is 4. The zero-order valence-corrected chi connectivity index (χ0v) is 11.5. The highest BCUT2D eigenvalue weighted by molar-refractivity contribution is 5.49. The van der Waals surface area contributed by atoms with Crippen LogP contribution in [0.1, 0.15) is 5.56 Å². The van der Waals surface area contributed by atoms with Gasteiger partial charge >= 0.3 is 0 Å². The second kappa shape index (κ2) is 6.30. The Hall–Kier alpha value is -1.20. The molecule has 1 heterocycles. The van der Waals surface area contributed by atoms with E-state index < -0.39 is 11.6 Å². The molecule has 1 N–H and O–H groups in total. The van der Waals surface area contributed by atoms with Crippen LogP contribution in [0.4, 0.5) is 14.5 Å². The molecule has 0 unspecified atom stereocenters. The van der Waals surface area contributed by atoms with Crippen LogP contribution in [0, 0.1) is 11.6 Å². The topological polar surface area (TPSA) is 18.5 Å². The Morgan fingerprint density at radius 2 is 1.89 bits per heavy atom. The molecule has 2 rings (SSSR count). The van der Waals surface area contributed by atoms with Gasteiger partial charge in [-0.25, -0.2) is 8.78 Å². The molecule has 1 saturated heterocycles. The predicted octanol–water partition coefficient (Wildman–Crippen LogP) is 1.48. The predicted molar refractivity (Wildman–Crippen MR) is 73.7 cm³/mol. The van der Waals surface area contributed by atoms with Crippen molar-refractivity contribution in [1.29, 1.82) is 0 Å². The van der Waals surface area contributed by atoms with Crippen molar-refractivity contribution in [3.8, 4) is 0 Å². The summed E-state index contributed by atoms with van der Waals surface area (Å²) < 4.78 is 27.1. The van der Waals surface area contributed by atoms with E-state index in [0.29, 0.717) is 5.69 Å². The number of benzene rings is 1. The number of hydrogen-bond donors (Lipinski definition) is 1. The van der Waals surface area contributed by atoms with Crippen molar-refractivity contribution in [3.63, 3.8) is 0 Å². The number of piperazine rings is 1. The monoisotopic (exact) mass is 269 g/mol. The van der Waals surface area contributed by atoms with E-state index >= 15 is 0 Å². The molecule has 106 valence electrons. The van der Waals surface area contributed by atoms with E-state index in [2.05, 4.69) is 10.2 Å². The highest BCUT2D eigenvalue weighted by Crippen LogP contribution is 2.22. The Labute approximate surface area is 113 Å². The van der Waals surface area contributed by atoms with Crippen molar-refractivity contribution in [2.75, 3.05) is 51.7 Å². The Balaban J connectivity index is 2.03. The zero-order valence-electron chi connectivity index (χ0n) is 11.5. The van der Waals surface area contributed by atoms with Crippen LogP contribution in [0.2, 0.25) is 0 Å². The van der Waals surface area contributed by atoms with Gasteiger partial charge in [0.25, 0.3) is 0 Å². The minimum absolute atomic E-state index is 0.315. The first-order valence-electron chi connectivity index (χ1n) is 6.66. The maximum absolute atomic E-state index is 13.6. The van der Waals surface area contributed by atoms with E-state index in [1.165, 1.54) is 6.07 Å². The molecule has 1 fully saturated rings. The van der Waals surface area contributed by atoms with Gasteiger partial charge in [-0.3, -0.25) is 0 Å². The number of hydrogen-bond acceptors (Lipinski definition) is 3. The molecular formula is C14H21F2N3. The van der Waals surface area contributed by atoms with Crippen molar-refractivity contribution in [2.45, 2.75) is 6.42 Å². The molecule has 5 heteroatoms. The summed E-state index contributed by atoms with van der Waals surface area (Å²) >= 11 is 0. The van der Waals surface area contributed by atoms with E-state index in [-0.39, 0.29) is 0 Å². The van der Waals surface area contributed by atoms with Gasteiger partial charge < -0.3 is 15.1 Å². The standard InChI is InChI=1S/C14H21F2N3/c1-18(2)13-10-11(9-12(15)14(13)16)3-6-19-7-4-17-5-8-19/h9-10,17H,3-8H2,1-2H3. The minimum atomic E-state index is -0.768. The van der Waals surface area contributed by atoms with E-state index in [0.717, 1.165) is 44.7 Å². The molecule has 3 nitrogen and oxygen atoms in total. The van der Waals surface area contributed by atoms with Crippen LogP contribution in [0.15, 0.2) is 12.1 Å². The largest absolute Gasteiger partial charge is 0.375 e. The normalized spacial score (nSPS) is 16.6. The van der Waals surface area contributed by atoms with Gasteiger partial charge in [0.15, 0.2) is 11.6 Å². The summed E-state index contributed by atoms with van der Waals surface area (Å²) in [7, 11) is 3.44. The van der Waals surface area contributed by atoms with Crippen molar-refractivity contribution < 1.29 is 8.78 Å². The summed E-state index contributed by atoms with van der Waals surface area (Å²) in [5.74, 6) is -1.53. The van der Waals surface area contributed by atoms with Gasteiger partial charge in [0, 0.05) is 46.8 Å². The van der Waals surface area contributed by atoms with Gasteiger partial charge in [-0.15, -0.1) is 0 Å². The first-order valence-corrected chi connectivity index (χ1v) is 6.66. The molecule has 0 radical (unpaired) electrons. The average molecular weight is 269 g/mol. The smallest absolute Gasteiger partial charge is 0.182 e. The molecule has 0 aromatic heterocycles. The maximum Gasteiger partial charge on any atom is 0.182 e. The number of nitrogens with one attached hydrogen (secondary N) is 1. The van der Waals surface area contributed by atoms with Gasteiger partial charge in [0.05, 0.1) is 5.69 Å². The zero-order chi connectivity index (χ0) is 13.8. The first-order chi connectivity index (χ1) is 9.08. The summed E-state index contributed by atoms with van der Waals surface area (Å²) in [6.07, 6.45) is 0.748. The molecule has 0 spiro atoms. The third-order valence-corrected chi connectivity index (χ3v) is 3.48. The van der Waals surface area contributed by atoms with Gasteiger partial charge in [0.1, 0.15) is 0 Å². The van der Waals surface area contributed by atoms with Crippen LogP contribution in [0.5, 0.6) is 0 Å². The van der Waals surface area contributed by atoms with Crippen molar-refractivity contribution >= 4 is 5.69 Å². The van der Waals surface area contributed by atoms with Gasteiger partial charge in [-0.2, -0.15) is 0 Å². The summed E-state index contributed by atoms with van der Waals surface area (Å²) in [5.41, 5.74) is 1.16. The number of halogens is 2. The third-order valence-electron chi connectivity index (χ3n) is 3.48. The summed E-state index contributed by atoms with van der Waals surface area (Å²) in [6, 6.07) is 3.05. The van der Waals surface area contributed by atoms with Crippen LogP contribution >= 0.6 is 0 Å². The Morgan fingerprint density at radius 3 is 2.53 bits per heavy atom. The molecular weight excluding hydrogens is 248 g/mol. The molecule has 0 bridgehead atoms. The Bertz CT molecular complexity index is 429. The fourth-order valence-corrected chi connectivity index (χ4v) is 2.32. The summed E-state index contributed by atoms with van der Waals surface area (Å²) in [5, 5.41) is 3.30. The van der Waals surface area contributed by atoms with Crippen molar-refractivity contribution in [1.82, 2.24) is 10.2 Å². The quantitative estimate of drug-likeness (QED) is 0.893. The Morgan fingerprint density at radius 1 is 1.21 bits per heavy atom. The van der Waals surface area contributed by atoms with Crippen molar-refractivity contribution in [3.05, 3.63) is 29.3 Å². The lowest BCUT2D eigenvalue weighted by molar-refractivity contribution is 0.244. The second-order valence-corrected chi connectivity index (χ2v) is 5.15. The molecule has 0 aliphatic carbocycles. The van der Waals surface area contributed by atoms with E-state index in [1.54, 1.807) is 25.1 Å². The van der Waals surface area contributed by atoms with Crippen LogP contribution in [0.25, 0.3) is 0 Å². The lowest BCUT2D eigenvalue weighted by atomic mass is 10.1. The van der Waals surface area contributed by atoms with E-state index in [1.807, 2.05) is 0 Å². The molecule has 1 aromatic carbocycles. The number of nitrogens with zero attached hydrogens (tertiary/aromatic N) is 2. The molecule has 1 aromatic rings. The van der Waals surface area contributed by atoms with Crippen LogP contribution in [-0.4, -0.2) is 51.7 Å². The molecule has 0 atom stereocenters. The lowest BCUT2D eigenvalue weighted by Crippen LogP contribution is -2.44. The average Bonchev–Trinajstić information content (AvgIpc) is 2.41. The Kier molecular flexibility index (Phi) is 4.71. The molecule has 1 aliphatic heterocycles. The third kappa shape index (κ3) is 3.64. The summed E-state index contributed by atoms with van der Waals surface area (Å²) in [4.78, 5) is 3.94. The highest BCUT2D eigenvalue weighted by atomic mass is 19.2. The van der Waals surface area contributed by atoms with Crippen LogP contribution < -0.4 is 10.2 Å². The highest BCUT2D eigenvalue weighted by Gasteiger charge is 2.14. The maximum atomic E-state index is 13.6. The fourth-order valence-electron chi connectivity index (χ4n) is 2.32. The van der Waals surface area contributed by atoms with Gasteiger partial charge in [0.2, 0.25) is 0 Å². The molecule has 19 heavy (non-hydrogen) atoms. The summed E-state index contributed by atoms with van der Waals surface area (Å²) in [6.45, 7) is 4.93. The minimum Gasteiger partial charge on any atom is -0.375 e. The van der Waals surface area contributed by atoms with E-state index in [4.69, 9.17) is 0 Å². The fraction of sp³-hybridized carbons (Fsp3) is 0.571. The lowest BCUT2D eigenvalue weighted by Gasteiger charge is -2.27. The first kappa shape index (κ1) is 14.2. The van der Waals surface area contributed by atoms with Gasteiger partial charge in [-0.05, 0) is 24.1 Å². The van der Waals surface area contributed by atoms with Gasteiger partial charge in [-0.1, -0.05) is 0 Å². The van der Waals surface area contributed by atoms with Crippen molar-refractivity contribution in [2.24, 2.45) is 0 Å². The van der Waals surface area contributed by atoms with Crippen LogP contribution in [-0.2, 0) is 6.42 Å². The van der Waals surface area contributed by atoms with Crippen LogP contribution in [0.3, 0.4) is 0 Å². The van der Waals surface area contributed by atoms with E-state index in [9.17, 15) is 8.78 Å². The second-order valence-electron chi connectivity index (χ2n) is 5.15. The SMILES string of the molecule is CN(C)c1cc(CCN2CCNCC2)cc(F)c1F. The molecule has 0 saturated carbocycles. The molecule has 0 amide bonds. The number of anilines is 1.